The third kappa shape index (κ3) is 2.37. The first-order chi connectivity index (χ1) is 11.6. The number of hydrogen-bond donors (Lipinski definition) is 0. The summed E-state index contributed by atoms with van der Waals surface area (Å²) in [6.45, 7) is 5.72. The Kier molecular flexibility index (Phi) is 3.89. The van der Waals surface area contributed by atoms with Crippen molar-refractivity contribution in [3.63, 3.8) is 0 Å². The Hall–Kier alpha value is -1.45. The second-order valence-corrected chi connectivity index (χ2v) is 7.78. The number of Topliss-reactive ketones (excluding diaryl/α,β-unsaturated/α-hetero) is 1. The molecule has 0 aromatic heterocycles. The molecule has 1 heterocycles. The molecule has 3 heteroatoms. The fourth-order valence-corrected chi connectivity index (χ4v) is 5.03. The molecule has 3 atom stereocenters. The van der Waals surface area contributed by atoms with Crippen molar-refractivity contribution >= 4 is 5.78 Å². The van der Waals surface area contributed by atoms with Crippen molar-refractivity contribution in [1.29, 1.82) is 0 Å². The monoisotopic (exact) mass is 326 g/mol. The number of ether oxygens (including phenoxy) is 2. The third-order valence-corrected chi connectivity index (χ3v) is 6.55. The molecule has 2 fully saturated rings. The first-order valence-electron chi connectivity index (χ1n) is 9.11. The zero-order chi connectivity index (χ0) is 16.8. The zero-order valence-electron chi connectivity index (χ0n) is 14.6. The van der Waals surface area contributed by atoms with Gasteiger partial charge in [0.25, 0.3) is 0 Å². The molecule has 3 nitrogen and oxygen atoms in total. The standard InChI is InChI=1S/C21H26O3/c1-15-18-9-8-17(14-16-6-4-3-5-7-16)19(22)20(18,2)10-11-21(15)23-12-13-24-21/h3-8,15,18H,9-14H2,1-2H3/t15-,18-,20-/m0/s1. The minimum atomic E-state index is -0.449. The van der Waals surface area contributed by atoms with Gasteiger partial charge in [0.2, 0.25) is 0 Å². The molecule has 0 unspecified atom stereocenters. The maximum atomic E-state index is 13.3. The van der Waals surface area contributed by atoms with Gasteiger partial charge in [0.1, 0.15) is 0 Å². The molecule has 1 saturated carbocycles. The van der Waals surface area contributed by atoms with Crippen LogP contribution in [0.3, 0.4) is 0 Å². The predicted molar refractivity (Wildman–Crippen MR) is 92.5 cm³/mol. The molecular weight excluding hydrogens is 300 g/mol. The molecular formula is C21H26O3. The largest absolute Gasteiger partial charge is 0.347 e. The molecule has 0 amide bonds. The van der Waals surface area contributed by atoms with Gasteiger partial charge in [0.15, 0.2) is 11.6 Å². The molecule has 0 N–H and O–H groups in total. The molecule has 0 radical (unpaired) electrons. The van der Waals surface area contributed by atoms with Crippen LogP contribution in [0.25, 0.3) is 0 Å². The summed E-state index contributed by atoms with van der Waals surface area (Å²) in [6, 6.07) is 10.3. The smallest absolute Gasteiger partial charge is 0.171 e. The second kappa shape index (κ2) is 5.82. The van der Waals surface area contributed by atoms with Gasteiger partial charge in [-0.15, -0.1) is 0 Å². The lowest BCUT2D eigenvalue weighted by atomic mass is 9.55. The van der Waals surface area contributed by atoms with Crippen LogP contribution in [0.4, 0.5) is 0 Å². The number of rotatable bonds is 2. The Morgan fingerprint density at radius 2 is 1.83 bits per heavy atom. The van der Waals surface area contributed by atoms with Gasteiger partial charge in [-0.1, -0.05) is 50.3 Å². The van der Waals surface area contributed by atoms with Gasteiger partial charge in [-0.05, 0) is 29.9 Å². The van der Waals surface area contributed by atoms with Gasteiger partial charge in [-0.3, -0.25) is 4.79 Å². The van der Waals surface area contributed by atoms with Gasteiger partial charge >= 0.3 is 0 Å². The molecule has 1 aromatic rings. The lowest BCUT2D eigenvalue weighted by molar-refractivity contribution is -0.239. The molecule has 0 bridgehead atoms. The van der Waals surface area contributed by atoms with Crippen LogP contribution in [0.1, 0.15) is 38.7 Å². The normalized spacial score (nSPS) is 34.9. The molecule has 2 aliphatic carbocycles. The molecule has 4 rings (SSSR count). The van der Waals surface area contributed by atoms with E-state index in [0.29, 0.717) is 24.9 Å². The van der Waals surface area contributed by atoms with Crippen LogP contribution < -0.4 is 0 Å². The average Bonchev–Trinajstić information content (AvgIpc) is 3.07. The summed E-state index contributed by atoms with van der Waals surface area (Å²) in [6.07, 6.45) is 5.54. The number of allylic oxidation sites excluding steroid dienone is 2. The minimum Gasteiger partial charge on any atom is -0.347 e. The number of benzene rings is 1. The molecule has 1 saturated heterocycles. The van der Waals surface area contributed by atoms with Gasteiger partial charge in [0, 0.05) is 24.2 Å². The molecule has 1 spiro atoms. The van der Waals surface area contributed by atoms with Gasteiger partial charge < -0.3 is 9.47 Å². The summed E-state index contributed by atoms with van der Waals surface area (Å²) in [5.41, 5.74) is 1.91. The van der Waals surface area contributed by atoms with E-state index in [9.17, 15) is 4.79 Å². The highest BCUT2D eigenvalue weighted by Crippen LogP contribution is 2.56. The van der Waals surface area contributed by atoms with E-state index in [1.165, 1.54) is 5.56 Å². The number of carbonyl (C=O) groups is 1. The van der Waals surface area contributed by atoms with Gasteiger partial charge in [-0.25, -0.2) is 0 Å². The van der Waals surface area contributed by atoms with Crippen LogP contribution in [-0.4, -0.2) is 24.8 Å². The maximum absolute atomic E-state index is 13.3. The van der Waals surface area contributed by atoms with E-state index in [0.717, 1.165) is 31.3 Å². The number of carbonyl (C=O) groups excluding carboxylic acids is 1. The number of hydrogen-bond acceptors (Lipinski definition) is 3. The van der Waals surface area contributed by atoms with Crippen molar-refractivity contribution in [1.82, 2.24) is 0 Å². The lowest BCUT2D eigenvalue weighted by Crippen LogP contribution is -2.55. The first-order valence-corrected chi connectivity index (χ1v) is 9.11. The molecule has 1 aliphatic heterocycles. The summed E-state index contributed by atoms with van der Waals surface area (Å²) in [5, 5.41) is 0. The van der Waals surface area contributed by atoms with E-state index < -0.39 is 5.79 Å². The Labute approximate surface area is 144 Å². The van der Waals surface area contributed by atoms with Crippen LogP contribution in [0.15, 0.2) is 42.0 Å². The highest BCUT2D eigenvalue weighted by atomic mass is 16.7. The van der Waals surface area contributed by atoms with E-state index in [1.54, 1.807) is 0 Å². The van der Waals surface area contributed by atoms with E-state index in [-0.39, 0.29) is 11.3 Å². The summed E-state index contributed by atoms with van der Waals surface area (Å²) in [7, 11) is 0. The Morgan fingerprint density at radius 3 is 2.54 bits per heavy atom. The van der Waals surface area contributed by atoms with Crippen molar-refractivity contribution in [3.05, 3.63) is 47.5 Å². The molecule has 128 valence electrons. The second-order valence-electron chi connectivity index (χ2n) is 7.78. The third-order valence-electron chi connectivity index (χ3n) is 6.55. The fourth-order valence-electron chi connectivity index (χ4n) is 5.03. The quantitative estimate of drug-likeness (QED) is 0.826. The van der Waals surface area contributed by atoms with Crippen LogP contribution >= 0.6 is 0 Å². The predicted octanol–water partition coefficient (Wildman–Crippen LogP) is 3.92. The van der Waals surface area contributed by atoms with Crippen molar-refractivity contribution < 1.29 is 14.3 Å². The summed E-state index contributed by atoms with van der Waals surface area (Å²) in [4.78, 5) is 13.3. The van der Waals surface area contributed by atoms with Crippen molar-refractivity contribution in [2.75, 3.05) is 13.2 Å². The van der Waals surface area contributed by atoms with E-state index in [1.807, 2.05) is 18.2 Å². The van der Waals surface area contributed by atoms with Crippen molar-refractivity contribution in [2.24, 2.45) is 17.3 Å². The highest BCUT2D eigenvalue weighted by molar-refractivity contribution is 6.01. The van der Waals surface area contributed by atoms with Gasteiger partial charge in [0.05, 0.1) is 13.2 Å². The van der Waals surface area contributed by atoms with Crippen molar-refractivity contribution in [2.45, 2.75) is 45.3 Å². The summed E-state index contributed by atoms with van der Waals surface area (Å²) >= 11 is 0. The van der Waals surface area contributed by atoms with Crippen LogP contribution in [0.5, 0.6) is 0 Å². The highest BCUT2D eigenvalue weighted by Gasteiger charge is 2.58. The number of ketones is 1. The molecule has 1 aromatic carbocycles. The van der Waals surface area contributed by atoms with E-state index >= 15 is 0 Å². The lowest BCUT2D eigenvalue weighted by Gasteiger charge is -2.52. The Morgan fingerprint density at radius 1 is 1.12 bits per heavy atom. The van der Waals surface area contributed by atoms with Gasteiger partial charge in [-0.2, -0.15) is 0 Å². The minimum absolute atomic E-state index is 0.247. The van der Waals surface area contributed by atoms with E-state index in [2.05, 4.69) is 32.1 Å². The summed E-state index contributed by atoms with van der Waals surface area (Å²) < 4.78 is 12.0. The van der Waals surface area contributed by atoms with Crippen LogP contribution in [-0.2, 0) is 20.7 Å². The van der Waals surface area contributed by atoms with Crippen molar-refractivity contribution in [3.8, 4) is 0 Å². The van der Waals surface area contributed by atoms with Crippen LogP contribution in [0, 0.1) is 17.3 Å². The Bertz CT molecular complexity index is 657. The molecule has 3 aliphatic rings. The molecule has 24 heavy (non-hydrogen) atoms. The topological polar surface area (TPSA) is 35.5 Å². The maximum Gasteiger partial charge on any atom is 0.171 e. The first kappa shape index (κ1) is 16.0. The fraction of sp³-hybridized carbons (Fsp3) is 0.571. The Balaban J connectivity index is 1.60. The summed E-state index contributed by atoms with van der Waals surface area (Å²) in [5.74, 6) is 0.436. The van der Waals surface area contributed by atoms with E-state index in [4.69, 9.17) is 9.47 Å². The van der Waals surface area contributed by atoms with Crippen LogP contribution in [0.2, 0.25) is 0 Å². The zero-order valence-corrected chi connectivity index (χ0v) is 14.6. The SMILES string of the molecule is C[C@H]1[C@@H]2CC=C(Cc3ccccc3)C(=O)[C@@]2(C)CCC12OCCO2. The average molecular weight is 326 g/mol. The number of fused-ring (bicyclic) bond motifs is 1.